The SMILES string of the molecule is CCOc1cc(C=C2SC(=O)N(CC(=O)OC(C)(C)C)C2=O)cc(Cl)c1OCc1cccc(C)c1. The van der Waals surface area contributed by atoms with Crippen LogP contribution in [0.3, 0.4) is 0 Å². The highest BCUT2D eigenvalue weighted by atomic mass is 35.5. The van der Waals surface area contributed by atoms with Crippen molar-refractivity contribution in [3.63, 3.8) is 0 Å². The number of hydrogen-bond acceptors (Lipinski definition) is 7. The van der Waals surface area contributed by atoms with Gasteiger partial charge in [0.1, 0.15) is 18.8 Å². The largest absolute Gasteiger partial charge is 0.490 e. The molecule has 0 spiro atoms. The smallest absolute Gasteiger partial charge is 0.326 e. The molecule has 1 fully saturated rings. The number of aryl methyl sites for hydroxylation is 1. The second-order valence-electron chi connectivity index (χ2n) is 8.90. The van der Waals surface area contributed by atoms with Crippen LogP contribution < -0.4 is 9.47 Å². The van der Waals surface area contributed by atoms with Gasteiger partial charge in [-0.15, -0.1) is 0 Å². The molecule has 0 bridgehead atoms. The Morgan fingerprint density at radius 1 is 1.14 bits per heavy atom. The van der Waals surface area contributed by atoms with E-state index in [9.17, 15) is 14.4 Å². The zero-order chi connectivity index (χ0) is 25.8. The molecule has 0 radical (unpaired) electrons. The minimum atomic E-state index is -0.718. The summed E-state index contributed by atoms with van der Waals surface area (Å²) in [4.78, 5) is 38.3. The second-order valence-corrected chi connectivity index (χ2v) is 10.3. The second kappa shape index (κ2) is 11.2. The number of benzene rings is 2. The number of esters is 1. The van der Waals surface area contributed by atoms with E-state index in [0.29, 0.717) is 35.3 Å². The maximum absolute atomic E-state index is 12.8. The van der Waals surface area contributed by atoms with Gasteiger partial charge in [0.05, 0.1) is 16.5 Å². The van der Waals surface area contributed by atoms with E-state index in [1.165, 1.54) is 0 Å². The van der Waals surface area contributed by atoms with Crippen molar-refractivity contribution in [2.75, 3.05) is 13.2 Å². The fourth-order valence-corrected chi connectivity index (χ4v) is 4.43. The van der Waals surface area contributed by atoms with E-state index >= 15 is 0 Å². The third-order valence-electron chi connectivity index (χ3n) is 4.68. The maximum atomic E-state index is 12.8. The van der Waals surface area contributed by atoms with Gasteiger partial charge in [0.25, 0.3) is 11.1 Å². The first-order valence-electron chi connectivity index (χ1n) is 11.1. The van der Waals surface area contributed by atoms with Gasteiger partial charge >= 0.3 is 5.97 Å². The van der Waals surface area contributed by atoms with Gasteiger partial charge in [-0.25, -0.2) is 0 Å². The summed E-state index contributed by atoms with van der Waals surface area (Å²) < 4.78 is 16.9. The lowest BCUT2D eigenvalue weighted by atomic mass is 10.1. The van der Waals surface area contributed by atoms with Crippen molar-refractivity contribution in [1.29, 1.82) is 0 Å². The minimum absolute atomic E-state index is 0.172. The lowest BCUT2D eigenvalue weighted by Crippen LogP contribution is -2.37. The van der Waals surface area contributed by atoms with E-state index in [-0.39, 0.29) is 4.91 Å². The number of halogens is 1. The first-order chi connectivity index (χ1) is 16.5. The van der Waals surface area contributed by atoms with Crippen molar-refractivity contribution in [1.82, 2.24) is 4.90 Å². The zero-order valence-corrected chi connectivity index (χ0v) is 21.9. The van der Waals surface area contributed by atoms with Crippen LogP contribution in [-0.2, 0) is 20.9 Å². The number of imide groups is 1. The lowest BCUT2D eigenvalue weighted by molar-refractivity contribution is -0.156. The average molecular weight is 518 g/mol. The summed E-state index contributed by atoms with van der Waals surface area (Å²) in [6, 6.07) is 11.3. The van der Waals surface area contributed by atoms with Crippen molar-refractivity contribution in [3.8, 4) is 11.5 Å². The topological polar surface area (TPSA) is 82.1 Å². The summed E-state index contributed by atoms with van der Waals surface area (Å²) in [5.41, 5.74) is 1.96. The quantitative estimate of drug-likeness (QED) is 0.313. The van der Waals surface area contributed by atoms with E-state index in [1.54, 1.807) is 39.0 Å². The molecular weight excluding hydrogens is 490 g/mol. The van der Waals surface area contributed by atoms with Gasteiger partial charge in [0.2, 0.25) is 0 Å². The number of rotatable bonds is 8. The summed E-state index contributed by atoms with van der Waals surface area (Å²) in [5.74, 6) is -0.408. The Kier molecular flexibility index (Phi) is 8.51. The van der Waals surface area contributed by atoms with Crippen LogP contribution in [0.25, 0.3) is 6.08 Å². The van der Waals surface area contributed by atoms with Gasteiger partial charge in [-0.05, 0) is 75.7 Å². The van der Waals surface area contributed by atoms with Gasteiger partial charge in [-0.3, -0.25) is 19.3 Å². The Morgan fingerprint density at radius 2 is 1.89 bits per heavy atom. The molecule has 1 aliphatic rings. The van der Waals surface area contributed by atoms with E-state index in [1.807, 2.05) is 38.1 Å². The number of thioether (sulfide) groups is 1. The third kappa shape index (κ3) is 7.26. The highest BCUT2D eigenvalue weighted by Crippen LogP contribution is 2.39. The monoisotopic (exact) mass is 517 g/mol. The molecule has 1 heterocycles. The number of carbonyl (C=O) groups is 3. The Morgan fingerprint density at radius 3 is 2.54 bits per heavy atom. The Hall–Kier alpha value is -2.97. The van der Waals surface area contributed by atoms with Crippen molar-refractivity contribution in [2.24, 2.45) is 0 Å². The fraction of sp³-hybridized carbons (Fsp3) is 0.346. The van der Waals surface area contributed by atoms with Gasteiger partial charge in [0, 0.05) is 0 Å². The zero-order valence-electron chi connectivity index (χ0n) is 20.3. The van der Waals surface area contributed by atoms with Crippen LogP contribution in [-0.4, -0.2) is 40.8 Å². The van der Waals surface area contributed by atoms with Gasteiger partial charge in [-0.2, -0.15) is 0 Å². The van der Waals surface area contributed by atoms with Crippen molar-refractivity contribution < 1.29 is 28.6 Å². The van der Waals surface area contributed by atoms with Crippen molar-refractivity contribution in [3.05, 3.63) is 63.0 Å². The summed E-state index contributed by atoms with van der Waals surface area (Å²) in [5, 5.41) is -0.232. The molecule has 0 N–H and O–H groups in total. The maximum Gasteiger partial charge on any atom is 0.326 e. The summed E-state index contributed by atoms with van der Waals surface area (Å²) in [6.45, 7) is 9.23. The number of hydrogen-bond donors (Lipinski definition) is 0. The molecule has 0 saturated carbocycles. The molecule has 1 aliphatic heterocycles. The molecule has 0 unspecified atom stereocenters. The Bertz CT molecular complexity index is 1170. The summed E-state index contributed by atoms with van der Waals surface area (Å²) in [6.07, 6.45) is 1.54. The molecule has 1 saturated heterocycles. The van der Waals surface area contributed by atoms with Crippen LogP contribution in [0.2, 0.25) is 5.02 Å². The molecule has 0 aromatic heterocycles. The standard InChI is InChI=1S/C26H28ClNO6S/c1-6-32-20-12-18(11-19(27)23(20)33-15-17-9-7-8-16(2)10-17)13-21-24(30)28(25(31)35-21)14-22(29)34-26(3,4)5/h7-13H,6,14-15H2,1-5H3. The number of ether oxygens (including phenoxy) is 3. The van der Waals surface area contributed by atoms with E-state index in [4.69, 9.17) is 25.8 Å². The van der Waals surface area contributed by atoms with Gasteiger partial charge in [0.15, 0.2) is 11.5 Å². The Labute approximate surface area is 214 Å². The van der Waals surface area contributed by atoms with Crippen LogP contribution in [0.15, 0.2) is 41.3 Å². The predicted octanol–water partition coefficient (Wildman–Crippen LogP) is 6.00. The lowest BCUT2D eigenvalue weighted by Gasteiger charge is -2.21. The molecule has 3 rings (SSSR count). The van der Waals surface area contributed by atoms with Crippen LogP contribution >= 0.6 is 23.4 Å². The van der Waals surface area contributed by atoms with Crippen LogP contribution in [0.5, 0.6) is 11.5 Å². The average Bonchev–Trinajstić information content (AvgIpc) is 2.99. The third-order valence-corrected chi connectivity index (χ3v) is 5.86. The number of nitrogens with zero attached hydrogens (tertiary/aromatic N) is 1. The highest BCUT2D eigenvalue weighted by Gasteiger charge is 2.37. The molecule has 2 amide bonds. The van der Waals surface area contributed by atoms with E-state index in [0.717, 1.165) is 27.8 Å². The van der Waals surface area contributed by atoms with Crippen LogP contribution in [0, 0.1) is 6.92 Å². The molecule has 0 atom stereocenters. The normalized spacial score (nSPS) is 15.0. The van der Waals surface area contributed by atoms with E-state index in [2.05, 4.69) is 0 Å². The fourth-order valence-electron chi connectivity index (χ4n) is 3.32. The van der Waals surface area contributed by atoms with Crippen LogP contribution in [0.4, 0.5) is 4.79 Å². The summed E-state index contributed by atoms with van der Waals surface area (Å²) in [7, 11) is 0. The molecule has 7 nitrogen and oxygen atoms in total. The first-order valence-corrected chi connectivity index (χ1v) is 12.3. The number of carbonyl (C=O) groups excluding carboxylic acids is 3. The summed E-state index contributed by atoms with van der Waals surface area (Å²) >= 11 is 7.26. The molecule has 35 heavy (non-hydrogen) atoms. The van der Waals surface area contributed by atoms with Crippen molar-refractivity contribution >= 4 is 46.6 Å². The van der Waals surface area contributed by atoms with Crippen LogP contribution in [0.1, 0.15) is 44.4 Å². The number of amides is 2. The predicted molar refractivity (Wildman–Crippen MR) is 137 cm³/mol. The molecule has 186 valence electrons. The van der Waals surface area contributed by atoms with Gasteiger partial charge in [-0.1, -0.05) is 41.4 Å². The first kappa shape index (κ1) is 26.6. The van der Waals surface area contributed by atoms with E-state index < -0.39 is 29.3 Å². The highest BCUT2D eigenvalue weighted by molar-refractivity contribution is 8.18. The molecular formula is C26H28ClNO6S. The molecule has 0 aliphatic carbocycles. The molecule has 9 heteroatoms. The molecule has 2 aromatic rings. The van der Waals surface area contributed by atoms with Crippen molar-refractivity contribution in [2.45, 2.75) is 46.8 Å². The Balaban J connectivity index is 1.80. The minimum Gasteiger partial charge on any atom is -0.490 e. The molecule has 2 aromatic carbocycles. The van der Waals surface area contributed by atoms with Gasteiger partial charge < -0.3 is 14.2 Å².